The van der Waals surface area contributed by atoms with Crippen LogP contribution in [0.5, 0.6) is 0 Å². The van der Waals surface area contributed by atoms with Crippen molar-refractivity contribution in [1.29, 1.82) is 0 Å². The quantitative estimate of drug-likeness (QED) is 0.0232. The molecule has 0 radical (unpaired) electrons. The van der Waals surface area contributed by atoms with Crippen LogP contribution < -0.4 is 5.32 Å². The third-order valence-electron chi connectivity index (χ3n) is 13.8. The standard InChI is InChI=1S/C58H109NO9/c1-3-5-7-9-11-13-15-17-19-21-22-23-24-25-26-27-28-29-30-31-33-35-37-39-41-43-45-47-52(62)57(66)59-50(49-67-58-56(65)55(64)54(63)53(48-60)68-58)51(61)46-44-42-40-38-36-34-32-20-18-16-14-12-10-8-6-4-2/h18,20,36,38,44,46,50-56,58,60-65H,3-17,19,21-35,37,39-43,45,47-49H2,1-2H3,(H,59,66)/b20-18+,38-36+,46-44+. The van der Waals surface area contributed by atoms with Gasteiger partial charge >= 0.3 is 0 Å². The van der Waals surface area contributed by atoms with Gasteiger partial charge in [0.1, 0.15) is 30.5 Å². The molecule has 1 rings (SSSR count). The van der Waals surface area contributed by atoms with Crippen LogP contribution in [0, 0.1) is 0 Å². The molecule has 10 nitrogen and oxygen atoms in total. The van der Waals surface area contributed by atoms with Gasteiger partial charge in [-0.05, 0) is 44.9 Å². The van der Waals surface area contributed by atoms with Crippen molar-refractivity contribution >= 4 is 5.91 Å². The van der Waals surface area contributed by atoms with Crippen LogP contribution in [-0.4, -0.2) is 98.7 Å². The summed E-state index contributed by atoms with van der Waals surface area (Å²) in [6.07, 6.45) is 51.1. The van der Waals surface area contributed by atoms with Crippen molar-refractivity contribution in [1.82, 2.24) is 5.32 Å². The highest BCUT2D eigenvalue weighted by atomic mass is 16.7. The summed E-state index contributed by atoms with van der Waals surface area (Å²) in [5, 5.41) is 64.9. The van der Waals surface area contributed by atoms with Gasteiger partial charge < -0.3 is 45.4 Å². The van der Waals surface area contributed by atoms with Gasteiger partial charge in [0.2, 0.25) is 5.91 Å². The van der Waals surface area contributed by atoms with Crippen molar-refractivity contribution in [3.8, 4) is 0 Å². The summed E-state index contributed by atoms with van der Waals surface area (Å²) in [6, 6.07) is -1.00. The molecular formula is C58H109NO9. The van der Waals surface area contributed by atoms with Gasteiger partial charge in [-0.3, -0.25) is 4.79 Å². The summed E-state index contributed by atoms with van der Waals surface area (Å²) in [7, 11) is 0. The van der Waals surface area contributed by atoms with Gasteiger partial charge in [-0.15, -0.1) is 0 Å². The third kappa shape index (κ3) is 36.3. The SMILES string of the molecule is CCCCCCCC/C=C/CC/C=C/CC/C=C/C(O)C(COC1OC(CO)C(O)C(O)C1O)NC(=O)C(O)CCCCCCCCCCCCCCCCCCCCCCCCCCCCC. The van der Waals surface area contributed by atoms with Gasteiger partial charge in [-0.25, -0.2) is 0 Å². The maximum atomic E-state index is 13.1. The minimum atomic E-state index is -1.62. The summed E-state index contributed by atoms with van der Waals surface area (Å²) < 4.78 is 11.2. The Morgan fingerprint density at radius 2 is 0.868 bits per heavy atom. The second-order valence-corrected chi connectivity index (χ2v) is 20.2. The summed E-state index contributed by atoms with van der Waals surface area (Å²) in [5.41, 5.74) is 0. The molecule has 1 fully saturated rings. The lowest BCUT2D eigenvalue weighted by molar-refractivity contribution is -0.302. The van der Waals surface area contributed by atoms with Gasteiger partial charge in [0.25, 0.3) is 0 Å². The molecule has 0 spiro atoms. The number of aliphatic hydroxyl groups excluding tert-OH is 6. The number of nitrogens with one attached hydrogen (secondary N) is 1. The minimum Gasteiger partial charge on any atom is -0.394 e. The number of rotatable bonds is 49. The number of allylic oxidation sites excluding steroid dienone is 5. The first kappa shape index (κ1) is 64.4. The first-order valence-electron chi connectivity index (χ1n) is 28.8. The van der Waals surface area contributed by atoms with Crippen LogP contribution >= 0.6 is 0 Å². The maximum absolute atomic E-state index is 13.1. The number of aliphatic hydroxyl groups is 6. The summed E-state index contributed by atoms with van der Waals surface area (Å²) in [6.45, 7) is 3.61. The van der Waals surface area contributed by atoms with E-state index in [1.165, 1.54) is 186 Å². The molecule has 400 valence electrons. The van der Waals surface area contributed by atoms with Crippen LogP contribution in [0.3, 0.4) is 0 Å². The number of ether oxygens (including phenoxy) is 2. The highest BCUT2D eigenvalue weighted by Gasteiger charge is 2.44. The highest BCUT2D eigenvalue weighted by Crippen LogP contribution is 2.23. The lowest BCUT2D eigenvalue weighted by Gasteiger charge is -2.40. The molecule has 1 aliphatic rings. The second-order valence-electron chi connectivity index (χ2n) is 20.2. The first-order valence-corrected chi connectivity index (χ1v) is 28.8. The largest absolute Gasteiger partial charge is 0.394 e. The fourth-order valence-corrected chi connectivity index (χ4v) is 9.14. The summed E-state index contributed by atoms with van der Waals surface area (Å²) >= 11 is 0. The number of carbonyl (C=O) groups is 1. The van der Waals surface area contributed by atoms with Crippen molar-refractivity contribution in [2.45, 2.75) is 313 Å². The van der Waals surface area contributed by atoms with Crippen LogP contribution in [0.25, 0.3) is 0 Å². The molecule has 7 N–H and O–H groups in total. The monoisotopic (exact) mass is 964 g/mol. The normalized spacial score (nSPS) is 20.3. The fourth-order valence-electron chi connectivity index (χ4n) is 9.14. The molecule has 0 aromatic rings. The Bertz CT molecular complexity index is 1180. The Morgan fingerprint density at radius 3 is 1.28 bits per heavy atom. The molecule has 8 unspecified atom stereocenters. The maximum Gasteiger partial charge on any atom is 0.249 e. The number of unbranched alkanes of at least 4 members (excludes halogenated alkanes) is 34. The zero-order valence-electron chi connectivity index (χ0n) is 44.0. The van der Waals surface area contributed by atoms with E-state index in [1.54, 1.807) is 6.08 Å². The van der Waals surface area contributed by atoms with Gasteiger partial charge in [0.05, 0.1) is 25.4 Å². The predicted molar refractivity (Wildman–Crippen MR) is 282 cm³/mol. The molecule has 8 atom stereocenters. The average Bonchev–Trinajstić information content (AvgIpc) is 3.34. The Kier molecular flexibility index (Phi) is 45.1. The smallest absolute Gasteiger partial charge is 0.249 e. The van der Waals surface area contributed by atoms with E-state index in [4.69, 9.17) is 9.47 Å². The Hall–Kier alpha value is -1.63. The van der Waals surface area contributed by atoms with E-state index in [0.717, 1.165) is 44.9 Å². The first-order chi connectivity index (χ1) is 33.3. The average molecular weight is 965 g/mol. The molecule has 0 aliphatic carbocycles. The van der Waals surface area contributed by atoms with E-state index in [1.807, 2.05) is 6.08 Å². The molecular weight excluding hydrogens is 855 g/mol. The zero-order valence-corrected chi connectivity index (χ0v) is 44.0. The van der Waals surface area contributed by atoms with Crippen molar-refractivity contribution in [2.75, 3.05) is 13.2 Å². The predicted octanol–water partition coefficient (Wildman–Crippen LogP) is 12.9. The summed E-state index contributed by atoms with van der Waals surface area (Å²) in [5.74, 6) is -0.626. The van der Waals surface area contributed by atoms with Crippen LogP contribution in [0.2, 0.25) is 0 Å². The van der Waals surface area contributed by atoms with E-state index < -0.39 is 61.5 Å². The zero-order chi connectivity index (χ0) is 49.6. The third-order valence-corrected chi connectivity index (χ3v) is 13.8. The number of hydrogen-bond acceptors (Lipinski definition) is 9. The van der Waals surface area contributed by atoms with Crippen molar-refractivity contribution in [2.24, 2.45) is 0 Å². The van der Waals surface area contributed by atoms with Gasteiger partial charge in [-0.1, -0.05) is 256 Å². The molecule has 1 amide bonds. The molecule has 0 aromatic heterocycles. The minimum absolute atomic E-state index is 0.304. The van der Waals surface area contributed by atoms with E-state index in [0.29, 0.717) is 19.3 Å². The van der Waals surface area contributed by atoms with Gasteiger partial charge in [-0.2, -0.15) is 0 Å². The molecule has 10 heteroatoms. The molecule has 0 saturated carbocycles. The molecule has 1 aliphatic heterocycles. The molecule has 1 saturated heterocycles. The van der Waals surface area contributed by atoms with Crippen LogP contribution in [0.15, 0.2) is 36.5 Å². The fraction of sp³-hybridized carbons (Fsp3) is 0.879. The topological polar surface area (TPSA) is 169 Å². The van der Waals surface area contributed by atoms with E-state index in [2.05, 4.69) is 43.5 Å². The van der Waals surface area contributed by atoms with Crippen LogP contribution in [0.4, 0.5) is 0 Å². The Balaban J connectivity index is 2.25. The number of hydrogen-bond donors (Lipinski definition) is 7. The van der Waals surface area contributed by atoms with E-state index in [9.17, 15) is 35.4 Å². The van der Waals surface area contributed by atoms with E-state index in [-0.39, 0.29) is 6.61 Å². The number of carbonyl (C=O) groups excluding carboxylic acids is 1. The van der Waals surface area contributed by atoms with Gasteiger partial charge in [0, 0.05) is 0 Å². The van der Waals surface area contributed by atoms with Crippen molar-refractivity contribution < 1.29 is 44.9 Å². The number of amides is 1. The highest BCUT2D eigenvalue weighted by molar-refractivity contribution is 5.80. The molecule has 0 bridgehead atoms. The Labute approximate surface area is 417 Å². The lowest BCUT2D eigenvalue weighted by Crippen LogP contribution is -2.60. The summed E-state index contributed by atoms with van der Waals surface area (Å²) in [4.78, 5) is 13.1. The molecule has 68 heavy (non-hydrogen) atoms. The Morgan fingerprint density at radius 1 is 0.500 bits per heavy atom. The van der Waals surface area contributed by atoms with Gasteiger partial charge in [0.15, 0.2) is 6.29 Å². The van der Waals surface area contributed by atoms with Crippen LogP contribution in [-0.2, 0) is 14.3 Å². The molecule has 1 heterocycles. The van der Waals surface area contributed by atoms with Crippen molar-refractivity contribution in [3.63, 3.8) is 0 Å². The second kappa shape index (κ2) is 47.7. The van der Waals surface area contributed by atoms with Crippen LogP contribution in [0.1, 0.15) is 264 Å². The van der Waals surface area contributed by atoms with Crippen molar-refractivity contribution in [3.05, 3.63) is 36.5 Å². The molecule has 0 aromatic carbocycles. The lowest BCUT2D eigenvalue weighted by atomic mass is 9.99. The van der Waals surface area contributed by atoms with E-state index >= 15 is 0 Å².